The number of fused-ring (bicyclic) bond motifs is 2. The minimum atomic E-state index is -0.296. The van der Waals surface area contributed by atoms with Crippen molar-refractivity contribution in [3.8, 4) is 5.69 Å². The van der Waals surface area contributed by atoms with E-state index < -0.39 is 0 Å². The third kappa shape index (κ3) is 2.85. The van der Waals surface area contributed by atoms with Crippen LogP contribution in [0.4, 0.5) is 15.9 Å². The minimum absolute atomic E-state index is 0.0953. The third-order valence-electron chi connectivity index (χ3n) is 5.16. The number of benzene rings is 3. The highest BCUT2D eigenvalue weighted by atomic mass is 19.1. The first-order chi connectivity index (χ1) is 13.7. The van der Waals surface area contributed by atoms with Crippen molar-refractivity contribution >= 4 is 28.1 Å². The quantitative estimate of drug-likeness (QED) is 0.522. The van der Waals surface area contributed by atoms with Gasteiger partial charge < -0.3 is 5.32 Å². The van der Waals surface area contributed by atoms with Crippen molar-refractivity contribution in [1.29, 1.82) is 0 Å². The fourth-order valence-electron chi connectivity index (χ4n) is 3.81. The molecule has 4 aromatic rings. The predicted molar refractivity (Wildman–Crippen MR) is 108 cm³/mol. The number of ketones is 1. The van der Waals surface area contributed by atoms with Crippen LogP contribution in [-0.4, -0.2) is 15.6 Å². The summed E-state index contributed by atoms with van der Waals surface area (Å²) in [4.78, 5) is 12.7. The monoisotopic (exact) mass is 371 g/mol. The maximum absolute atomic E-state index is 13.3. The summed E-state index contributed by atoms with van der Waals surface area (Å²) < 4.78 is 15.1. The number of anilines is 2. The Morgan fingerprint density at radius 3 is 2.54 bits per heavy atom. The van der Waals surface area contributed by atoms with E-state index in [9.17, 15) is 9.18 Å². The average Bonchev–Trinajstić information content (AvgIpc) is 3.08. The zero-order valence-electron chi connectivity index (χ0n) is 15.2. The molecule has 1 aliphatic rings. The summed E-state index contributed by atoms with van der Waals surface area (Å²) in [6.07, 6.45) is 2.09. The van der Waals surface area contributed by atoms with Gasteiger partial charge in [0, 0.05) is 12.1 Å². The Hall–Kier alpha value is -3.47. The highest BCUT2D eigenvalue weighted by Crippen LogP contribution is 2.32. The zero-order valence-corrected chi connectivity index (χ0v) is 15.2. The second kappa shape index (κ2) is 6.60. The number of aromatic nitrogens is 2. The molecule has 5 rings (SSSR count). The third-order valence-corrected chi connectivity index (χ3v) is 5.16. The number of nitrogens with zero attached hydrogens (tertiary/aromatic N) is 2. The number of hydrogen-bond donors (Lipinski definition) is 1. The summed E-state index contributed by atoms with van der Waals surface area (Å²) in [6, 6.07) is 20.4. The van der Waals surface area contributed by atoms with Gasteiger partial charge in [0.2, 0.25) is 0 Å². The lowest BCUT2D eigenvalue weighted by Gasteiger charge is -2.13. The van der Waals surface area contributed by atoms with Crippen LogP contribution < -0.4 is 5.32 Å². The SMILES string of the molecule is O=C1CCCc2c1c(Nc1ccc3ccccc3c1)nn2-c1ccc(F)cc1. The van der Waals surface area contributed by atoms with E-state index in [4.69, 9.17) is 0 Å². The molecule has 28 heavy (non-hydrogen) atoms. The van der Waals surface area contributed by atoms with Gasteiger partial charge in [-0.05, 0) is 60.0 Å². The normalized spacial score (nSPS) is 13.5. The molecule has 0 saturated heterocycles. The maximum Gasteiger partial charge on any atom is 0.168 e. The van der Waals surface area contributed by atoms with Gasteiger partial charge in [-0.25, -0.2) is 9.07 Å². The standard InChI is InChI=1S/C23H18FN3O/c24-17-9-12-19(13-10-17)27-20-6-3-7-21(28)22(20)23(26-27)25-18-11-8-15-4-1-2-5-16(15)14-18/h1-2,4-5,8-14H,3,6-7H2,(H,25,26). The fourth-order valence-corrected chi connectivity index (χ4v) is 3.81. The summed E-state index contributed by atoms with van der Waals surface area (Å²) in [7, 11) is 0. The lowest BCUT2D eigenvalue weighted by molar-refractivity contribution is 0.0973. The Kier molecular flexibility index (Phi) is 3.93. The second-order valence-electron chi connectivity index (χ2n) is 7.02. The van der Waals surface area contributed by atoms with E-state index in [0.29, 0.717) is 17.8 Å². The molecule has 138 valence electrons. The van der Waals surface area contributed by atoms with E-state index in [-0.39, 0.29) is 11.6 Å². The van der Waals surface area contributed by atoms with Gasteiger partial charge in [-0.3, -0.25) is 4.79 Å². The number of halogens is 1. The van der Waals surface area contributed by atoms with E-state index in [1.54, 1.807) is 16.8 Å². The lowest BCUT2D eigenvalue weighted by atomic mass is 9.95. The molecule has 0 bridgehead atoms. The average molecular weight is 371 g/mol. The number of Topliss-reactive ketones (excluding diaryl/α,β-unsaturated/α-hetero) is 1. The summed E-state index contributed by atoms with van der Waals surface area (Å²) in [5.41, 5.74) is 3.15. The first-order valence-corrected chi connectivity index (χ1v) is 9.36. The van der Waals surface area contributed by atoms with E-state index in [0.717, 1.165) is 40.7 Å². The molecule has 0 spiro atoms. The molecule has 0 radical (unpaired) electrons. The van der Waals surface area contributed by atoms with Gasteiger partial charge in [-0.2, -0.15) is 0 Å². The number of carbonyl (C=O) groups is 1. The van der Waals surface area contributed by atoms with Crippen molar-refractivity contribution in [1.82, 2.24) is 9.78 Å². The topological polar surface area (TPSA) is 46.9 Å². The molecule has 0 fully saturated rings. The zero-order chi connectivity index (χ0) is 19.1. The first-order valence-electron chi connectivity index (χ1n) is 9.36. The number of carbonyl (C=O) groups excluding carboxylic acids is 1. The predicted octanol–water partition coefficient (Wildman–Crippen LogP) is 5.43. The Morgan fingerprint density at radius 1 is 0.929 bits per heavy atom. The molecule has 1 N–H and O–H groups in total. The molecular formula is C23H18FN3O. The fraction of sp³-hybridized carbons (Fsp3) is 0.130. The van der Waals surface area contributed by atoms with Gasteiger partial charge in [0.15, 0.2) is 11.6 Å². The Bertz CT molecular complexity index is 1190. The second-order valence-corrected chi connectivity index (χ2v) is 7.02. The molecule has 3 aromatic carbocycles. The summed E-state index contributed by atoms with van der Waals surface area (Å²) >= 11 is 0. The van der Waals surface area contributed by atoms with Gasteiger partial charge in [-0.15, -0.1) is 5.10 Å². The van der Waals surface area contributed by atoms with E-state index in [1.165, 1.54) is 12.1 Å². The summed E-state index contributed by atoms with van der Waals surface area (Å²) in [5.74, 6) is 0.354. The molecule has 1 aliphatic carbocycles. The number of rotatable bonds is 3. The Balaban J connectivity index is 1.60. The Labute approximate surface area is 161 Å². The minimum Gasteiger partial charge on any atom is -0.338 e. The van der Waals surface area contributed by atoms with E-state index >= 15 is 0 Å². The largest absolute Gasteiger partial charge is 0.338 e. The number of nitrogens with one attached hydrogen (secondary N) is 1. The first kappa shape index (κ1) is 16.7. The number of hydrogen-bond acceptors (Lipinski definition) is 3. The van der Waals surface area contributed by atoms with Crippen LogP contribution in [0.1, 0.15) is 28.9 Å². The van der Waals surface area contributed by atoms with Gasteiger partial charge in [0.1, 0.15) is 5.82 Å². The van der Waals surface area contributed by atoms with Gasteiger partial charge in [-0.1, -0.05) is 30.3 Å². The summed E-state index contributed by atoms with van der Waals surface area (Å²) in [6.45, 7) is 0. The molecule has 4 nitrogen and oxygen atoms in total. The van der Waals surface area contributed by atoms with Gasteiger partial charge in [0.05, 0.1) is 16.9 Å². The van der Waals surface area contributed by atoms with Gasteiger partial charge in [0.25, 0.3) is 0 Å². The molecule has 1 aromatic heterocycles. The molecule has 0 atom stereocenters. The van der Waals surface area contributed by atoms with Crippen LogP contribution in [0.25, 0.3) is 16.5 Å². The molecule has 0 amide bonds. The van der Waals surface area contributed by atoms with Crippen molar-refractivity contribution in [2.24, 2.45) is 0 Å². The van der Waals surface area contributed by atoms with Crippen LogP contribution in [0, 0.1) is 5.82 Å². The van der Waals surface area contributed by atoms with Crippen molar-refractivity contribution < 1.29 is 9.18 Å². The Morgan fingerprint density at radius 2 is 1.71 bits per heavy atom. The highest BCUT2D eigenvalue weighted by molar-refractivity contribution is 6.03. The summed E-state index contributed by atoms with van der Waals surface area (Å²) in [5, 5.41) is 10.3. The van der Waals surface area contributed by atoms with Crippen LogP contribution in [0.3, 0.4) is 0 Å². The van der Waals surface area contributed by atoms with Crippen molar-refractivity contribution in [3.63, 3.8) is 0 Å². The van der Waals surface area contributed by atoms with Crippen molar-refractivity contribution in [3.05, 3.63) is 83.8 Å². The highest BCUT2D eigenvalue weighted by Gasteiger charge is 2.27. The van der Waals surface area contributed by atoms with Crippen LogP contribution in [0.2, 0.25) is 0 Å². The lowest BCUT2D eigenvalue weighted by Crippen LogP contribution is -2.13. The van der Waals surface area contributed by atoms with Crippen LogP contribution >= 0.6 is 0 Å². The van der Waals surface area contributed by atoms with Crippen LogP contribution in [0.5, 0.6) is 0 Å². The molecular weight excluding hydrogens is 353 g/mol. The van der Waals surface area contributed by atoms with Gasteiger partial charge >= 0.3 is 0 Å². The van der Waals surface area contributed by atoms with E-state index in [1.807, 2.05) is 30.3 Å². The van der Waals surface area contributed by atoms with Crippen LogP contribution in [0.15, 0.2) is 66.7 Å². The van der Waals surface area contributed by atoms with E-state index in [2.05, 4.69) is 22.5 Å². The molecule has 0 saturated carbocycles. The molecule has 0 unspecified atom stereocenters. The molecule has 1 heterocycles. The van der Waals surface area contributed by atoms with Crippen LogP contribution in [-0.2, 0) is 6.42 Å². The maximum atomic E-state index is 13.3. The smallest absolute Gasteiger partial charge is 0.168 e. The van der Waals surface area contributed by atoms with Crippen molar-refractivity contribution in [2.75, 3.05) is 5.32 Å². The molecule has 5 heteroatoms. The molecule has 0 aliphatic heterocycles. The van der Waals surface area contributed by atoms with Crippen molar-refractivity contribution in [2.45, 2.75) is 19.3 Å².